The Balaban J connectivity index is 1.39. The summed E-state index contributed by atoms with van der Waals surface area (Å²) in [6, 6.07) is 12.8. The molecule has 0 saturated carbocycles. The molecule has 1 N–H and O–H groups in total. The molecule has 180 valence electrons. The predicted molar refractivity (Wildman–Crippen MR) is 131 cm³/mol. The lowest BCUT2D eigenvalue weighted by Gasteiger charge is -2.22. The summed E-state index contributed by atoms with van der Waals surface area (Å²) in [4.78, 5) is 29.2. The molecule has 0 unspecified atom stereocenters. The van der Waals surface area contributed by atoms with E-state index in [0.29, 0.717) is 37.9 Å². The third-order valence-corrected chi connectivity index (χ3v) is 6.53. The third kappa shape index (κ3) is 5.59. The molecule has 3 aromatic rings. The van der Waals surface area contributed by atoms with Gasteiger partial charge in [-0.2, -0.15) is 0 Å². The van der Waals surface area contributed by atoms with Gasteiger partial charge in [0.25, 0.3) is 0 Å². The Bertz CT molecular complexity index is 1200. The van der Waals surface area contributed by atoms with Crippen LogP contribution in [0.4, 0.5) is 0 Å². The number of hydrogen-bond donors (Lipinski definition) is 1. The fraction of sp³-hybridized carbons (Fsp3) is 0.407. The van der Waals surface area contributed by atoms with Crippen LogP contribution in [0.2, 0.25) is 0 Å². The van der Waals surface area contributed by atoms with Gasteiger partial charge in [-0.25, -0.2) is 4.79 Å². The molecule has 1 aliphatic rings. The van der Waals surface area contributed by atoms with E-state index in [-0.39, 0.29) is 11.7 Å². The van der Waals surface area contributed by atoms with E-state index in [1.807, 2.05) is 42.2 Å². The van der Waals surface area contributed by atoms with Crippen molar-refractivity contribution in [2.75, 3.05) is 33.3 Å². The van der Waals surface area contributed by atoms with Crippen LogP contribution in [-0.2, 0) is 24.2 Å². The van der Waals surface area contributed by atoms with Gasteiger partial charge in [-0.15, -0.1) is 0 Å². The van der Waals surface area contributed by atoms with Crippen LogP contribution >= 0.6 is 0 Å². The van der Waals surface area contributed by atoms with Crippen molar-refractivity contribution in [1.82, 2.24) is 9.80 Å². The topological polar surface area (TPSA) is 83.2 Å². The zero-order chi connectivity index (χ0) is 24.1. The average molecular weight is 465 g/mol. The van der Waals surface area contributed by atoms with Crippen molar-refractivity contribution in [2.45, 2.75) is 39.2 Å². The Morgan fingerprint density at radius 1 is 1.06 bits per heavy atom. The van der Waals surface area contributed by atoms with Crippen LogP contribution in [0.1, 0.15) is 36.5 Å². The Labute approximate surface area is 199 Å². The van der Waals surface area contributed by atoms with Crippen molar-refractivity contribution in [3.63, 3.8) is 0 Å². The number of phenols is 1. The van der Waals surface area contributed by atoms with Gasteiger partial charge in [-0.1, -0.05) is 19.1 Å². The Kier molecular flexibility index (Phi) is 7.53. The number of amides is 1. The highest BCUT2D eigenvalue weighted by atomic mass is 16.5. The molecule has 0 atom stereocenters. The zero-order valence-electron chi connectivity index (χ0n) is 19.9. The van der Waals surface area contributed by atoms with Gasteiger partial charge in [-0.3, -0.25) is 9.69 Å². The molecule has 7 nitrogen and oxygen atoms in total. The second kappa shape index (κ2) is 10.7. The number of benzene rings is 2. The second-order valence-electron chi connectivity index (χ2n) is 8.78. The Morgan fingerprint density at radius 2 is 1.85 bits per heavy atom. The second-order valence-corrected chi connectivity index (χ2v) is 8.78. The summed E-state index contributed by atoms with van der Waals surface area (Å²) >= 11 is 0. The minimum absolute atomic E-state index is 0.147. The molecule has 0 radical (unpaired) electrons. The van der Waals surface area contributed by atoms with Gasteiger partial charge in [-0.05, 0) is 54.2 Å². The van der Waals surface area contributed by atoms with Gasteiger partial charge in [0.05, 0.1) is 7.11 Å². The van der Waals surface area contributed by atoms with E-state index in [9.17, 15) is 14.7 Å². The minimum atomic E-state index is -0.420. The molecule has 2 aromatic carbocycles. The molecular formula is C27H32N2O5. The summed E-state index contributed by atoms with van der Waals surface area (Å²) in [5, 5.41) is 11.0. The number of phenolic OH excluding ortho intramolecular Hbond substituents is 1. The van der Waals surface area contributed by atoms with Crippen LogP contribution < -0.4 is 10.4 Å². The Morgan fingerprint density at radius 3 is 2.59 bits per heavy atom. The molecule has 1 aromatic heterocycles. The maximum Gasteiger partial charge on any atom is 0.336 e. The summed E-state index contributed by atoms with van der Waals surface area (Å²) in [6.07, 6.45) is 2.77. The van der Waals surface area contributed by atoms with Crippen LogP contribution in [0.3, 0.4) is 0 Å². The van der Waals surface area contributed by atoms with E-state index >= 15 is 0 Å². The number of aromatic hydroxyl groups is 1. The highest BCUT2D eigenvalue weighted by Crippen LogP contribution is 2.27. The lowest BCUT2D eigenvalue weighted by Crippen LogP contribution is -2.35. The monoisotopic (exact) mass is 464 g/mol. The van der Waals surface area contributed by atoms with Crippen LogP contribution in [-0.4, -0.2) is 54.1 Å². The number of nitrogens with zero attached hydrogens (tertiary/aromatic N) is 2. The zero-order valence-corrected chi connectivity index (χ0v) is 19.9. The largest absolute Gasteiger partial charge is 0.508 e. The fourth-order valence-corrected chi connectivity index (χ4v) is 4.54. The number of ether oxygens (including phenoxy) is 1. The summed E-state index contributed by atoms with van der Waals surface area (Å²) < 4.78 is 10.5. The summed E-state index contributed by atoms with van der Waals surface area (Å²) in [7, 11) is 1.64. The molecule has 4 rings (SSSR count). The quantitative estimate of drug-likeness (QED) is 0.537. The van der Waals surface area contributed by atoms with Gasteiger partial charge in [0, 0.05) is 56.7 Å². The van der Waals surface area contributed by atoms with Crippen molar-refractivity contribution in [3.05, 3.63) is 69.6 Å². The van der Waals surface area contributed by atoms with Gasteiger partial charge in [0.15, 0.2) is 0 Å². The number of hydrogen-bond acceptors (Lipinski definition) is 6. The van der Waals surface area contributed by atoms with Crippen LogP contribution in [0.5, 0.6) is 11.5 Å². The normalized spacial score (nSPS) is 14.8. The Hall–Kier alpha value is -3.32. The lowest BCUT2D eigenvalue weighted by molar-refractivity contribution is -0.131. The summed E-state index contributed by atoms with van der Waals surface area (Å²) in [6.45, 7) is 5.58. The van der Waals surface area contributed by atoms with E-state index < -0.39 is 5.63 Å². The maximum absolute atomic E-state index is 12.8. The fourth-order valence-electron chi connectivity index (χ4n) is 4.54. The molecule has 0 bridgehead atoms. The number of rotatable bonds is 7. The highest BCUT2D eigenvalue weighted by Gasteiger charge is 2.20. The van der Waals surface area contributed by atoms with Crippen molar-refractivity contribution < 1.29 is 19.1 Å². The smallest absolute Gasteiger partial charge is 0.336 e. The number of methoxy groups -OCH3 is 1. The van der Waals surface area contributed by atoms with Gasteiger partial charge in [0.1, 0.15) is 17.1 Å². The SMILES string of the molecule is CCc1cc2c(CN3CCCN(C(=O)CCc4ccc(OC)cc4)CC3)cc(=O)oc2cc1O. The molecule has 7 heteroatoms. The first-order valence-electron chi connectivity index (χ1n) is 11.9. The van der Waals surface area contributed by atoms with E-state index in [2.05, 4.69) is 4.90 Å². The van der Waals surface area contributed by atoms with Crippen LogP contribution in [0.25, 0.3) is 11.0 Å². The molecule has 1 aliphatic heterocycles. The number of carbonyl (C=O) groups is 1. The molecule has 2 heterocycles. The highest BCUT2D eigenvalue weighted by molar-refractivity contribution is 5.82. The molecule has 1 fully saturated rings. The average Bonchev–Trinajstić information content (AvgIpc) is 3.08. The molecule has 34 heavy (non-hydrogen) atoms. The van der Waals surface area contributed by atoms with Crippen LogP contribution in [0, 0.1) is 0 Å². The first-order valence-corrected chi connectivity index (χ1v) is 11.9. The molecular weight excluding hydrogens is 432 g/mol. The molecule has 0 spiro atoms. The van der Waals surface area contributed by atoms with Crippen molar-refractivity contribution in [2.24, 2.45) is 0 Å². The van der Waals surface area contributed by atoms with E-state index in [4.69, 9.17) is 9.15 Å². The molecule has 1 saturated heterocycles. The van der Waals surface area contributed by atoms with E-state index in [0.717, 1.165) is 53.9 Å². The van der Waals surface area contributed by atoms with Crippen LogP contribution in [0.15, 0.2) is 51.7 Å². The maximum atomic E-state index is 12.8. The van der Waals surface area contributed by atoms with Gasteiger partial charge >= 0.3 is 5.63 Å². The van der Waals surface area contributed by atoms with Gasteiger partial charge in [0.2, 0.25) is 5.91 Å². The number of carbonyl (C=O) groups excluding carboxylic acids is 1. The standard InChI is InChI=1S/C27H32N2O5/c1-3-20-15-23-21(16-27(32)34-25(23)17-24(20)30)18-28-11-4-12-29(14-13-28)26(31)10-7-19-5-8-22(33-2)9-6-19/h5-6,8-9,15-17,30H,3-4,7,10-14,18H2,1-2H3. The van der Waals surface area contributed by atoms with E-state index in [1.165, 1.54) is 6.07 Å². The van der Waals surface area contributed by atoms with Crippen molar-refractivity contribution >= 4 is 16.9 Å². The summed E-state index contributed by atoms with van der Waals surface area (Å²) in [5.41, 5.74) is 2.82. The van der Waals surface area contributed by atoms with Gasteiger partial charge < -0.3 is 19.2 Å². The first-order chi connectivity index (χ1) is 16.5. The number of fused-ring (bicyclic) bond motifs is 1. The van der Waals surface area contributed by atoms with Crippen molar-refractivity contribution in [3.8, 4) is 11.5 Å². The predicted octanol–water partition coefficient (Wildman–Crippen LogP) is 3.74. The van der Waals surface area contributed by atoms with E-state index in [1.54, 1.807) is 13.2 Å². The minimum Gasteiger partial charge on any atom is -0.508 e. The summed E-state index contributed by atoms with van der Waals surface area (Å²) in [5.74, 6) is 1.13. The lowest BCUT2D eigenvalue weighted by atomic mass is 10.0. The molecule has 0 aliphatic carbocycles. The molecule has 1 amide bonds. The van der Waals surface area contributed by atoms with Crippen molar-refractivity contribution in [1.29, 1.82) is 0 Å². The number of aryl methyl sites for hydroxylation is 2. The third-order valence-electron chi connectivity index (χ3n) is 6.53. The first kappa shape index (κ1) is 23.8.